The molecule has 2 bridgehead atoms. The highest BCUT2D eigenvalue weighted by molar-refractivity contribution is 5.76. The van der Waals surface area contributed by atoms with Gasteiger partial charge in [0.05, 0.1) is 19.6 Å². The van der Waals surface area contributed by atoms with E-state index in [0.717, 1.165) is 24.3 Å². The highest BCUT2D eigenvalue weighted by Gasteiger charge is 2.56. The predicted molar refractivity (Wildman–Crippen MR) is 125 cm³/mol. The van der Waals surface area contributed by atoms with Crippen LogP contribution in [0.5, 0.6) is 5.75 Å². The van der Waals surface area contributed by atoms with Gasteiger partial charge >= 0.3 is 5.97 Å². The summed E-state index contributed by atoms with van der Waals surface area (Å²) in [6.07, 6.45) is 0.842. The van der Waals surface area contributed by atoms with Crippen molar-refractivity contribution >= 4 is 5.97 Å². The van der Waals surface area contributed by atoms with E-state index in [4.69, 9.17) is 9.47 Å². The van der Waals surface area contributed by atoms with Gasteiger partial charge in [0.15, 0.2) is 0 Å². The molecule has 1 fully saturated rings. The van der Waals surface area contributed by atoms with Crippen molar-refractivity contribution in [3.05, 3.63) is 101 Å². The number of ether oxygens (including phenoxy) is 2. The van der Waals surface area contributed by atoms with E-state index >= 15 is 0 Å². The number of methoxy groups -OCH3 is 1. The van der Waals surface area contributed by atoms with Gasteiger partial charge in [-0.05, 0) is 36.1 Å². The van der Waals surface area contributed by atoms with E-state index in [0.29, 0.717) is 6.61 Å². The van der Waals surface area contributed by atoms with Crippen molar-refractivity contribution in [3.8, 4) is 5.75 Å². The minimum atomic E-state index is -0.257. The second kappa shape index (κ2) is 8.79. The molecule has 3 aromatic rings. The third-order valence-corrected chi connectivity index (χ3v) is 6.99. The quantitative estimate of drug-likeness (QED) is 0.511. The van der Waals surface area contributed by atoms with Gasteiger partial charge in [-0.2, -0.15) is 0 Å². The predicted octanol–water partition coefficient (Wildman–Crippen LogP) is 5.14. The van der Waals surface area contributed by atoms with Gasteiger partial charge in [0, 0.05) is 30.1 Å². The summed E-state index contributed by atoms with van der Waals surface area (Å²) >= 11 is 0. The number of rotatable bonds is 6. The van der Waals surface area contributed by atoms with E-state index in [1.807, 2.05) is 31.2 Å². The topological polar surface area (TPSA) is 38.8 Å². The lowest BCUT2D eigenvalue weighted by Crippen LogP contribution is -2.41. The summed E-state index contributed by atoms with van der Waals surface area (Å²) in [5.41, 5.74) is 4.97. The maximum atomic E-state index is 13.4. The average Bonchev–Trinajstić information content (AvgIpc) is 3.04. The smallest absolute Gasteiger partial charge is 0.311 e. The molecule has 5 rings (SSSR count). The van der Waals surface area contributed by atoms with E-state index in [1.54, 1.807) is 7.11 Å². The summed E-state index contributed by atoms with van der Waals surface area (Å²) in [5, 5.41) is 0. The van der Waals surface area contributed by atoms with Crippen LogP contribution in [0.15, 0.2) is 78.9 Å². The van der Waals surface area contributed by atoms with Gasteiger partial charge in [-0.1, -0.05) is 72.8 Å². The first kappa shape index (κ1) is 20.8. The monoisotopic (exact) mass is 427 g/mol. The van der Waals surface area contributed by atoms with E-state index in [2.05, 4.69) is 59.5 Å². The molecule has 4 nitrogen and oxygen atoms in total. The first-order valence-electron chi connectivity index (χ1n) is 11.4. The van der Waals surface area contributed by atoms with Crippen LogP contribution in [0.1, 0.15) is 41.1 Å². The number of nitrogens with zero attached hydrogens (tertiary/aromatic N) is 1. The van der Waals surface area contributed by atoms with Crippen LogP contribution in [0.4, 0.5) is 0 Å². The molecule has 0 aliphatic carbocycles. The van der Waals surface area contributed by atoms with E-state index in [1.165, 1.54) is 16.7 Å². The normalized spacial score (nSPS) is 24.1. The summed E-state index contributed by atoms with van der Waals surface area (Å²) in [5.74, 6) is 0.424. The van der Waals surface area contributed by atoms with Crippen molar-refractivity contribution in [2.24, 2.45) is 5.92 Å². The largest absolute Gasteiger partial charge is 0.496 e. The van der Waals surface area contributed by atoms with Gasteiger partial charge in [0.1, 0.15) is 5.75 Å². The fourth-order valence-corrected chi connectivity index (χ4v) is 5.76. The molecule has 4 unspecified atom stereocenters. The summed E-state index contributed by atoms with van der Waals surface area (Å²) in [6, 6.07) is 27.5. The van der Waals surface area contributed by atoms with Gasteiger partial charge < -0.3 is 9.47 Å². The number of fused-ring (bicyclic) bond motifs is 4. The standard InChI is InChI=1S/C28H29NO3/c1-3-32-28(30)26-23-17-20-13-7-8-14-21(20)27(29(23)18-19-11-5-4-6-12-19)25(26)22-15-9-10-16-24(22)31-2/h4-16,23,25-27H,3,17-18H2,1-2H3. The molecule has 1 saturated heterocycles. The highest BCUT2D eigenvalue weighted by Crippen LogP contribution is 2.57. The van der Waals surface area contributed by atoms with Crippen molar-refractivity contribution in [2.45, 2.75) is 37.9 Å². The molecule has 164 valence electrons. The van der Waals surface area contributed by atoms with Crippen LogP contribution in [-0.2, 0) is 22.5 Å². The molecule has 2 aliphatic rings. The van der Waals surface area contributed by atoms with Crippen LogP contribution >= 0.6 is 0 Å². The molecule has 0 spiro atoms. The Morgan fingerprint density at radius 2 is 1.62 bits per heavy atom. The van der Waals surface area contributed by atoms with Gasteiger partial charge in [-0.3, -0.25) is 9.69 Å². The van der Waals surface area contributed by atoms with Crippen molar-refractivity contribution in [1.29, 1.82) is 0 Å². The van der Waals surface area contributed by atoms with Gasteiger partial charge in [0.2, 0.25) is 0 Å². The summed E-state index contributed by atoms with van der Waals surface area (Å²) in [6.45, 7) is 3.07. The van der Waals surface area contributed by atoms with Crippen molar-refractivity contribution in [3.63, 3.8) is 0 Å². The minimum Gasteiger partial charge on any atom is -0.496 e. The van der Waals surface area contributed by atoms with Crippen LogP contribution < -0.4 is 4.74 Å². The van der Waals surface area contributed by atoms with E-state index < -0.39 is 0 Å². The van der Waals surface area contributed by atoms with Gasteiger partial charge in [0.25, 0.3) is 0 Å². The molecule has 4 heteroatoms. The molecular formula is C28H29NO3. The number of hydrogen-bond donors (Lipinski definition) is 0. The zero-order chi connectivity index (χ0) is 22.1. The molecule has 0 N–H and O–H groups in total. The zero-order valence-electron chi connectivity index (χ0n) is 18.6. The number of carbonyl (C=O) groups is 1. The molecule has 0 radical (unpaired) electrons. The van der Waals surface area contributed by atoms with Crippen LogP contribution in [0, 0.1) is 5.92 Å². The van der Waals surface area contributed by atoms with Crippen LogP contribution in [0.3, 0.4) is 0 Å². The molecule has 4 atom stereocenters. The maximum Gasteiger partial charge on any atom is 0.311 e. The Hall–Kier alpha value is -3.11. The summed E-state index contributed by atoms with van der Waals surface area (Å²) in [4.78, 5) is 16.0. The summed E-state index contributed by atoms with van der Waals surface area (Å²) < 4.78 is 11.4. The van der Waals surface area contributed by atoms with Gasteiger partial charge in [-0.25, -0.2) is 0 Å². The molecule has 0 amide bonds. The van der Waals surface area contributed by atoms with Gasteiger partial charge in [-0.15, -0.1) is 0 Å². The Labute approximate surface area is 189 Å². The van der Waals surface area contributed by atoms with Crippen molar-refractivity contribution < 1.29 is 14.3 Å². The number of carbonyl (C=O) groups excluding carboxylic acids is 1. The second-order valence-electron chi connectivity index (χ2n) is 8.62. The number of para-hydroxylation sites is 1. The van der Waals surface area contributed by atoms with E-state index in [-0.39, 0.29) is 29.9 Å². The van der Waals surface area contributed by atoms with Crippen LogP contribution in [0.2, 0.25) is 0 Å². The average molecular weight is 428 g/mol. The maximum absolute atomic E-state index is 13.4. The number of esters is 1. The molecule has 0 aromatic heterocycles. The Kier molecular flexibility index (Phi) is 5.71. The Morgan fingerprint density at radius 3 is 2.38 bits per heavy atom. The zero-order valence-corrected chi connectivity index (χ0v) is 18.6. The fraction of sp³-hybridized carbons (Fsp3) is 0.321. The SMILES string of the molecule is CCOC(=O)C1C(c2ccccc2OC)C2c3ccccc3CC1N2Cc1ccccc1. The Bertz CT molecular complexity index is 1100. The molecule has 3 aromatic carbocycles. The van der Waals surface area contributed by atoms with E-state index in [9.17, 15) is 4.79 Å². The molecular weight excluding hydrogens is 398 g/mol. The Balaban J connectivity index is 1.68. The third-order valence-electron chi connectivity index (χ3n) is 6.99. The first-order chi connectivity index (χ1) is 15.7. The number of benzene rings is 3. The lowest BCUT2D eigenvalue weighted by Gasteiger charge is -2.37. The molecule has 2 heterocycles. The Morgan fingerprint density at radius 1 is 0.938 bits per heavy atom. The lowest BCUT2D eigenvalue weighted by molar-refractivity contribution is -0.149. The fourth-order valence-electron chi connectivity index (χ4n) is 5.76. The van der Waals surface area contributed by atoms with Crippen molar-refractivity contribution in [2.75, 3.05) is 13.7 Å². The second-order valence-corrected chi connectivity index (χ2v) is 8.62. The molecule has 0 saturated carbocycles. The molecule has 2 aliphatic heterocycles. The van der Waals surface area contributed by atoms with Crippen LogP contribution in [-0.4, -0.2) is 30.6 Å². The first-order valence-corrected chi connectivity index (χ1v) is 11.4. The minimum absolute atomic E-state index is 0.0393. The summed E-state index contributed by atoms with van der Waals surface area (Å²) in [7, 11) is 1.70. The van der Waals surface area contributed by atoms with Crippen LogP contribution in [0.25, 0.3) is 0 Å². The lowest BCUT2D eigenvalue weighted by atomic mass is 9.80. The highest BCUT2D eigenvalue weighted by atomic mass is 16.5. The third kappa shape index (κ3) is 3.49. The molecule has 32 heavy (non-hydrogen) atoms. The van der Waals surface area contributed by atoms with Crippen molar-refractivity contribution in [1.82, 2.24) is 4.90 Å². The number of hydrogen-bond acceptors (Lipinski definition) is 4.